The monoisotopic (exact) mass is 253 g/mol. The molecule has 104 valence electrons. The van der Waals surface area contributed by atoms with Crippen LogP contribution in [-0.2, 0) is 4.79 Å². The van der Waals surface area contributed by atoms with Gasteiger partial charge < -0.3 is 15.5 Å². The van der Waals surface area contributed by atoms with Crippen molar-refractivity contribution < 1.29 is 4.79 Å². The van der Waals surface area contributed by atoms with E-state index in [1.54, 1.807) is 0 Å². The number of carbonyl (C=O) groups excluding carboxylic acids is 1. The number of hydrogen-bond donors (Lipinski definition) is 2. The molecule has 2 N–H and O–H groups in total. The zero-order valence-corrected chi connectivity index (χ0v) is 11.6. The van der Waals surface area contributed by atoms with Gasteiger partial charge in [0.15, 0.2) is 0 Å². The number of nitrogens with zero attached hydrogens (tertiary/aromatic N) is 1. The van der Waals surface area contributed by atoms with E-state index in [-0.39, 0.29) is 5.91 Å². The molecule has 2 rings (SSSR count). The second-order valence-corrected chi connectivity index (χ2v) is 5.92. The number of amides is 1. The van der Waals surface area contributed by atoms with Crippen LogP contribution in [0.4, 0.5) is 0 Å². The lowest BCUT2D eigenvalue weighted by atomic mass is 9.94. The van der Waals surface area contributed by atoms with E-state index in [1.807, 2.05) is 0 Å². The van der Waals surface area contributed by atoms with E-state index >= 15 is 0 Å². The van der Waals surface area contributed by atoms with Gasteiger partial charge in [-0.3, -0.25) is 4.79 Å². The van der Waals surface area contributed by atoms with Gasteiger partial charge in [0.25, 0.3) is 0 Å². The summed E-state index contributed by atoms with van der Waals surface area (Å²) in [5.41, 5.74) is 0. The quantitative estimate of drug-likeness (QED) is 0.785. The minimum absolute atomic E-state index is 0.251. The van der Waals surface area contributed by atoms with Gasteiger partial charge in [0.05, 0.1) is 0 Å². The Morgan fingerprint density at radius 3 is 3.00 bits per heavy atom. The van der Waals surface area contributed by atoms with Gasteiger partial charge in [0.2, 0.25) is 5.91 Å². The Hall–Kier alpha value is -0.610. The molecule has 2 atom stereocenters. The van der Waals surface area contributed by atoms with E-state index in [0.717, 1.165) is 32.5 Å². The number of nitrogens with one attached hydrogen (secondary N) is 2. The summed E-state index contributed by atoms with van der Waals surface area (Å²) >= 11 is 0. The molecule has 0 aromatic heterocycles. The van der Waals surface area contributed by atoms with Crippen LogP contribution in [0.25, 0.3) is 0 Å². The minimum Gasteiger partial charge on any atom is -0.352 e. The molecule has 0 aliphatic carbocycles. The van der Waals surface area contributed by atoms with Crippen molar-refractivity contribution in [3.05, 3.63) is 0 Å². The van der Waals surface area contributed by atoms with Crippen LogP contribution in [0.2, 0.25) is 0 Å². The van der Waals surface area contributed by atoms with Crippen molar-refractivity contribution in [2.75, 3.05) is 33.2 Å². The van der Waals surface area contributed by atoms with Crippen LogP contribution in [-0.4, -0.2) is 50.1 Å². The zero-order chi connectivity index (χ0) is 12.8. The summed E-state index contributed by atoms with van der Waals surface area (Å²) < 4.78 is 0. The molecular formula is C14H27N3O. The van der Waals surface area contributed by atoms with Gasteiger partial charge in [-0.25, -0.2) is 0 Å². The third-order valence-corrected chi connectivity index (χ3v) is 4.17. The average Bonchev–Trinajstić information content (AvgIpc) is 2.38. The summed E-state index contributed by atoms with van der Waals surface area (Å²) in [4.78, 5) is 14.2. The number of carbonyl (C=O) groups is 1. The first kappa shape index (κ1) is 13.8. The van der Waals surface area contributed by atoms with Crippen LogP contribution in [0.1, 0.15) is 38.5 Å². The number of hydrogen-bond acceptors (Lipinski definition) is 3. The Balaban J connectivity index is 1.62. The van der Waals surface area contributed by atoms with Crippen molar-refractivity contribution in [2.24, 2.45) is 5.92 Å². The molecule has 0 aromatic rings. The third-order valence-electron chi connectivity index (χ3n) is 4.17. The molecule has 4 nitrogen and oxygen atoms in total. The van der Waals surface area contributed by atoms with Gasteiger partial charge in [-0.1, -0.05) is 0 Å². The Labute approximate surface area is 110 Å². The minimum atomic E-state index is 0.251. The highest BCUT2D eigenvalue weighted by Gasteiger charge is 2.20. The van der Waals surface area contributed by atoms with Gasteiger partial charge >= 0.3 is 0 Å². The number of piperidine rings is 2. The van der Waals surface area contributed by atoms with E-state index in [1.165, 1.54) is 25.8 Å². The van der Waals surface area contributed by atoms with Crippen LogP contribution in [0.3, 0.4) is 0 Å². The lowest BCUT2D eigenvalue weighted by molar-refractivity contribution is -0.122. The Kier molecular flexibility index (Phi) is 5.45. The van der Waals surface area contributed by atoms with E-state index in [0.29, 0.717) is 18.4 Å². The standard InChI is InChI=1S/C14H27N3O/c1-17-9-3-5-13(11-17)16-14(18)7-6-12-4-2-8-15-10-12/h12-13,15H,2-11H2,1H3,(H,16,18). The van der Waals surface area contributed by atoms with E-state index in [9.17, 15) is 4.79 Å². The number of likely N-dealkylation sites (tertiary alicyclic amines) is 1. The molecule has 0 bridgehead atoms. The highest BCUT2D eigenvalue weighted by Crippen LogP contribution is 2.16. The summed E-state index contributed by atoms with van der Waals surface area (Å²) in [6.07, 6.45) is 6.63. The van der Waals surface area contributed by atoms with E-state index in [4.69, 9.17) is 0 Å². The highest BCUT2D eigenvalue weighted by atomic mass is 16.1. The van der Waals surface area contributed by atoms with Gasteiger partial charge in [0.1, 0.15) is 0 Å². The summed E-state index contributed by atoms with van der Waals surface area (Å²) in [7, 11) is 2.13. The predicted molar refractivity (Wildman–Crippen MR) is 73.5 cm³/mol. The van der Waals surface area contributed by atoms with Crippen LogP contribution < -0.4 is 10.6 Å². The topological polar surface area (TPSA) is 44.4 Å². The molecule has 0 aromatic carbocycles. The largest absolute Gasteiger partial charge is 0.352 e. The molecule has 2 aliphatic rings. The molecule has 2 heterocycles. The van der Waals surface area contributed by atoms with Crippen molar-refractivity contribution in [3.8, 4) is 0 Å². The molecule has 2 fully saturated rings. The lowest BCUT2D eigenvalue weighted by Crippen LogP contribution is -2.46. The lowest BCUT2D eigenvalue weighted by Gasteiger charge is -2.30. The molecule has 2 saturated heterocycles. The zero-order valence-electron chi connectivity index (χ0n) is 11.6. The fourth-order valence-electron chi connectivity index (χ4n) is 3.09. The van der Waals surface area contributed by atoms with Crippen LogP contribution in [0.15, 0.2) is 0 Å². The molecule has 0 saturated carbocycles. The van der Waals surface area contributed by atoms with Crippen LogP contribution in [0, 0.1) is 5.92 Å². The maximum Gasteiger partial charge on any atom is 0.220 e. The molecule has 4 heteroatoms. The molecule has 1 amide bonds. The van der Waals surface area contributed by atoms with Gasteiger partial charge in [0, 0.05) is 19.0 Å². The van der Waals surface area contributed by atoms with Gasteiger partial charge in [-0.15, -0.1) is 0 Å². The molecule has 18 heavy (non-hydrogen) atoms. The second-order valence-electron chi connectivity index (χ2n) is 5.92. The number of rotatable bonds is 4. The fraction of sp³-hybridized carbons (Fsp3) is 0.929. The van der Waals surface area contributed by atoms with Crippen LogP contribution in [0.5, 0.6) is 0 Å². The smallest absolute Gasteiger partial charge is 0.220 e. The van der Waals surface area contributed by atoms with Crippen molar-refractivity contribution in [1.29, 1.82) is 0 Å². The molecule has 2 unspecified atom stereocenters. The average molecular weight is 253 g/mol. The molecule has 2 aliphatic heterocycles. The second kappa shape index (κ2) is 7.10. The summed E-state index contributed by atoms with van der Waals surface area (Å²) in [5.74, 6) is 0.958. The highest BCUT2D eigenvalue weighted by molar-refractivity contribution is 5.76. The van der Waals surface area contributed by atoms with Crippen molar-refractivity contribution in [2.45, 2.75) is 44.6 Å². The summed E-state index contributed by atoms with van der Waals surface area (Å²) in [6, 6.07) is 0.376. The van der Waals surface area contributed by atoms with E-state index in [2.05, 4.69) is 22.6 Å². The summed E-state index contributed by atoms with van der Waals surface area (Å²) in [5, 5.41) is 6.60. The molecule has 0 radical (unpaired) electrons. The molecular weight excluding hydrogens is 226 g/mol. The molecule has 0 spiro atoms. The van der Waals surface area contributed by atoms with Crippen LogP contribution >= 0.6 is 0 Å². The Morgan fingerprint density at radius 2 is 2.28 bits per heavy atom. The van der Waals surface area contributed by atoms with Gasteiger partial charge in [-0.05, 0) is 64.7 Å². The Bertz CT molecular complexity index is 264. The first-order valence-electron chi connectivity index (χ1n) is 7.42. The van der Waals surface area contributed by atoms with E-state index < -0.39 is 0 Å². The maximum absolute atomic E-state index is 11.9. The predicted octanol–water partition coefficient (Wildman–Crippen LogP) is 0.977. The number of likely N-dealkylation sites (N-methyl/N-ethyl adjacent to an activating group) is 1. The van der Waals surface area contributed by atoms with Crippen molar-refractivity contribution in [3.63, 3.8) is 0 Å². The van der Waals surface area contributed by atoms with Crippen molar-refractivity contribution >= 4 is 5.91 Å². The Morgan fingerprint density at radius 1 is 1.39 bits per heavy atom. The van der Waals surface area contributed by atoms with Gasteiger partial charge in [-0.2, -0.15) is 0 Å². The first-order chi connectivity index (χ1) is 8.74. The maximum atomic E-state index is 11.9. The third kappa shape index (κ3) is 4.58. The summed E-state index contributed by atoms with van der Waals surface area (Å²) in [6.45, 7) is 4.42. The normalized spacial score (nSPS) is 30.1. The first-order valence-corrected chi connectivity index (χ1v) is 7.42. The SMILES string of the molecule is CN1CCCC(NC(=O)CCC2CCCNC2)C1. The van der Waals surface area contributed by atoms with Crippen molar-refractivity contribution in [1.82, 2.24) is 15.5 Å². The fourth-order valence-corrected chi connectivity index (χ4v) is 3.09.